The molecule has 5 rings (SSSR count). The lowest BCUT2D eigenvalue weighted by Gasteiger charge is -2.60. The van der Waals surface area contributed by atoms with Gasteiger partial charge in [-0.05, 0) is 73.8 Å². The van der Waals surface area contributed by atoms with Crippen molar-refractivity contribution in [2.45, 2.75) is 70.5 Å². The van der Waals surface area contributed by atoms with Crippen molar-refractivity contribution in [1.29, 1.82) is 0 Å². The van der Waals surface area contributed by atoms with Crippen LogP contribution in [0.4, 0.5) is 4.39 Å². The number of ether oxygens (including phenoxy) is 1. The molecule has 0 aromatic carbocycles. The molecule has 6 nitrogen and oxygen atoms in total. The molecule has 0 bridgehead atoms. The summed E-state index contributed by atoms with van der Waals surface area (Å²) in [6, 6.07) is 2.56. The fourth-order valence-electron chi connectivity index (χ4n) is 7.86. The zero-order valence-corrected chi connectivity index (χ0v) is 19.2. The maximum Gasteiger partial charge on any atom is 0.213 e. The molecule has 3 fully saturated rings. The molecule has 7 atom stereocenters. The first-order valence-corrected chi connectivity index (χ1v) is 12.0. The third-order valence-electron chi connectivity index (χ3n) is 9.56. The summed E-state index contributed by atoms with van der Waals surface area (Å²) in [4.78, 5) is 29.1. The third kappa shape index (κ3) is 3.30. The van der Waals surface area contributed by atoms with Gasteiger partial charge in [-0.3, -0.25) is 9.59 Å². The van der Waals surface area contributed by atoms with Crippen LogP contribution < -0.4 is 4.74 Å². The Morgan fingerprint density at radius 1 is 1.24 bits per heavy atom. The van der Waals surface area contributed by atoms with Gasteiger partial charge in [-0.15, -0.1) is 0 Å². The van der Waals surface area contributed by atoms with Gasteiger partial charge < -0.3 is 14.9 Å². The van der Waals surface area contributed by atoms with Crippen LogP contribution in [0, 0.1) is 34.4 Å². The van der Waals surface area contributed by atoms with Crippen molar-refractivity contribution in [2.75, 3.05) is 6.61 Å². The Kier molecular flexibility index (Phi) is 5.29. The highest BCUT2D eigenvalue weighted by Gasteiger charge is 2.68. The molecule has 7 heteroatoms. The summed E-state index contributed by atoms with van der Waals surface area (Å²) in [7, 11) is 0. The molecule has 0 amide bonds. The summed E-state index contributed by atoms with van der Waals surface area (Å²) in [6.07, 6.45) is 6.50. The number of carbonyl (C=O) groups excluding carboxylic acids is 2. The number of Topliss-reactive ketones (excluding diaryl/α,β-unsaturated/α-hetero) is 1. The second kappa shape index (κ2) is 7.70. The van der Waals surface area contributed by atoms with Gasteiger partial charge in [0, 0.05) is 17.9 Å². The molecule has 6 unspecified atom stereocenters. The number of hydrogen-bond acceptors (Lipinski definition) is 6. The number of aromatic nitrogens is 1. The molecule has 0 radical (unpaired) electrons. The van der Waals surface area contributed by atoms with Crippen molar-refractivity contribution in [3.05, 3.63) is 35.8 Å². The van der Waals surface area contributed by atoms with Crippen molar-refractivity contribution in [3.8, 4) is 5.88 Å². The average molecular weight is 458 g/mol. The number of aliphatic hydroxyl groups is 2. The highest BCUT2D eigenvalue weighted by Crippen LogP contribution is 2.67. The zero-order chi connectivity index (χ0) is 23.6. The summed E-state index contributed by atoms with van der Waals surface area (Å²) in [5, 5.41) is 23.1. The first-order chi connectivity index (χ1) is 15.6. The number of carbonyl (C=O) groups is 2. The molecule has 0 aliphatic heterocycles. The van der Waals surface area contributed by atoms with Gasteiger partial charge in [-0.25, -0.2) is 9.37 Å². The van der Waals surface area contributed by atoms with Gasteiger partial charge in [0.05, 0.1) is 12.3 Å². The number of allylic oxidation sites excluding steroid dienone is 1. The van der Waals surface area contributed by atoms with E-state index in [9.17, 15) is 24.2 Å². The van der Waals surface area contributed by atoms with Gasteiger partial charge in [-0.2, -0.15) is 0 Å². The monoisotopic (exact) mass is 457 g/mol. The Hall–Kier alpha value is -2.12. The van der Waals surface area contributed by atoms with Crippen LogP contribution in [-0.2, 0) is 9.59 Å². The normalized spacial score (nSPS) is 42.1. The highest BCUT2D eigenvalue weighted by atomic mass is 19.1. The number of rotatable bonds is 4. The number of ketones is 2. The predicted octanol–water partition coefficient (Wildman–Crippen LogP) is 3.40. The number of fused-ring (bicyclic) bond motifs is 5. The molecular weight excluding hydrogens is 425 g/mol. The standard InChI is InChI=1S/C26H32FNO5/c1-24-9-7-17(29)11-15(24)3-5-18-19-8-10-26(32,25(19,2)12-20(30)23(18)24)21(31)14-33-22-6-4-16(27)13-28-22/h4,6,11,13,18-20,23,30,32H,3,5,7-10,12,14H2,1-2H3/t18?,19?,20?,23?,24?,25?,26-/m0/s1. The highest BCUT2D eigenvalue weighted by molar-refractivity contribution is 5.92. The van der Waals surface area contributed by atoms with Crippen molar-refractivity contribution in [1.82, 2.24) is 4.98 Å². The van der Waals surface area contributed by atoms with E-state index in [2.05, 4.69) is 11.9 Å². The van der Waals surface area contributed by atoms with E-state index in [0.29, 0.717) is 19.3 Å². The molecule has 1 aromatic rings. The number of halogens is 1. The smallest absolute Gasteiger partial charge is 0.213 e. The quantitative estimate of drug-likeness (QED) is 0.719. The summed E-state index contributed by atoms with van der Waals surface area (Å²) in [5.41, 5.74) is -1.40. The van der Waals surface area contributed by atoms with Crippen LogP contribution >= 0.6 is 0 Å². The lowest BCUT2D eigenvalue weighted by Crippen LogP contribution is -2.62. The van der Waals surface area contributed by atoms with E-state index in [1.807, 2.05) is 6.92 Å². The largest absolute Gasteiger partial charge is 0.470 e. The number of pyridine rings is 1. The molecule has 4 aliphatic carbocycles. The molecule has 1 aromatic heterocycles. The Morgan fingerprint density at radius 3 is 2.76 bits per heavy atom. The summed E-state index contributed by atoms with van der Waals surface area (Å²) in [5.74, 6) is -0.284. The topological polar surface area (TPSA) is 96.7 Å². The van der Waals surface area contributed by atoms with E-state index in [4.69, 9.17) is 4.74 Å². The van der Waals surface area contributed by atoms with Crippen LogP contribution in [-0.4, -0.2) is 45.1 Å². The predicted molar refractivity (Wildman–Crippen MR) is 118 cm³/mol. The van der Waals surface area contributed by atoms with Gasteiger partial charge in [0.25, 0.3) is 0 Å². The summed E-state index contributed by atoms with van der Waals surface area (Å²) < 4.78 is 18.5. The fourth-order valence-corrected chi connectivity index (χ4v) is 7.86. The third-order valence-corrected chi connectivity index (χ3v) is 9.56. The Balaban J connectivity index is 1.39. The first-order valence-electron chi connectivity index (χ1n) is 12.0. The lowest BCUT2D eigenvalue weighted by atomic mass is 9.45. The van der Waals surface area contributed by atoms with Crippen LogP contribution in [0.1, 0.15) is 58.8 Å². The Bertz CT molecular complexity index is 1010. The number of nitrogens with zero attached hydrogens (tertiary/aromatic N) is 1. The van der Waals surface area contributed by atoms with Crippen molar-refractivity contribution < 1.29 is 28.9 Å². The fraction of sp³-hybridized carbons (Fsp3) is 0.654. The van der Waals surface area contributed by atoms with Crippen LogP contribution in [0.15, 0.2) is 30.0 Å². The van der Waals surface area contributed by atoms with Gasteiger partial charge >= 0.3 is 0 Å². The Labute approximate surface area is 193 Å². The first kappa shape index (κ1) is 22.7. The van der Waals surface area contributed by atoms with Crippen molar-refractivity contribution >= 4 is 11.6 Å². The van der Waals surface area contributed by atoms with E-state index < -0.39 is 28.7 Å². The van der Waals surface area contributed by atoms with E-state index in [0.717, 1.165) is 37.5 Å². The van der Waals surface area contributed by atoms with E-state index in [1.54, 1.807) is 6.08 Å². The van der Waals surface area contributed by atoms with Crippen LogP contribution in [0.3, 0.4) is 0 Å². The van der Waals surface area contributed by atoms with Gasteiger partial charge in [0.1, 0.15) is 11.4 Å². The minimum Gasteiger partial charge on any atom is -0.470 e. The maximum absolute atomic E-state index is 13.3. The molecule has 2 N–H and O–H groups in total. The van der Waals surface area contributed by atoms with Crippen LogP contribution in [0.25, 0.3) is 0 Å². The molecule has 1 heterocycles. The van der Waals surface area contributed by atoms with E-state index in [-0.39, 0.29) is 41.4 Å². The second-order valence-electron chi connectivity index (χ2n) is 11.0. The Morgan fingerprint density at radius 2 is 2.03 bits per heavy atom. The van der Waals surface area contributed by atoms with Crippen molar-refractivity contribution in [3.63, 3.8) is 0 Å². The summed E-state index contributed by atoms with van der Waals surface area (Å²) >= 11 is 0. The van der Waals surface area contributed by atoms with E-state index >= 15 is 0 Å². The van der Waals surface area contributed by atoms with Gasteiger partial charge in [-0.1, -0.05) is 19.4 Å². The second-order valence-corrected chi connectivity index (χ2v) is 11.0. The summed E-state index contributed by atoms with van der Waals surface area (Å²) in [6.45, 7) is 3.77. The molecule has 3 saturated carbocycles. The van der Waals surface area contributed by atoms with Crippen LogP contribution in [0.5, 0.6) is 5.88 Å². The molecule has 4 aliphatic rings. The molecule has 178 valence electrons. The van der Waals surface area contributed by atoms with E-state index in [1.165, 1.54) is 12.1 Å². The maximum atomic E-state index is 13.3. The molecule has 33 heavy (non-hydrogen) atoms. The zero-order valence-electron chi connectivity index (χ0n) is 19.2. The van der Waals surface area contributed by atoms with Crippen molar-refractivity contribution in [2.24, 2.45) is 28.6 Å². The molecule has 0 saturated heterocycles. The van der Waals surface area contributed by atoms with Crippen LogP contribution in [0.2, 0.25) is 0 Å². The molecular formula is C26H32FNO5. The number of hydrogen-bond donors (Lipinski definition) is 2. The minimum atomic E-state index is -1.59. The average Bonchev–Trinajstić information content (AvgIpc) is 3.04. The van der Waals surface area contributed by atoms with Gasteiger partial charge in [0.2, 0.25) is 11.7 Å². The minimum absolute atomic E-state index is 0.0285. The lowest BCUT2D eigenvalue weighted by molar-refractivity contribution is -0.181. The molecule has 0 spiro atoms. The SMILES string of the molecule is CC12CCC(=O)C=C1CCC1C2C(O)CC2(C)C1CC[C@]2(O)C(=O)COc1ccc(F)cn1. The number of aliphatic hydroxyl groups excluding tert-OH is 1. The van der Waals surface area contributed by atoms with Gasteiger partial charge in [0.15, 0.2) is 12.4 Å².